The molecule has 0 fully saturated rings. The Hall–Kier alpha value is -3.40. The molecule has 1 aromatic heterocycles. The summed E-state index contributed by atoms with van der Waals surface area (Å²) < 4.78 is 15.3. The summed E-state index contributed by atoms with van der Waals surface area (Å²) in [6.07, 6.45) is 0. The predicted octanol–water partition coefficient (Wildman–Crippen LogP) is 5.26. The number of hydrogen-bond donors (Lipinski definition) is 0. The average Bonchev–Trinajstić information content (AvgIpc) is 3.03. The summed E-state index contributed by atoms with van der Waals surface area (Å²) in [6, 6.07) is 24.1. The quantitative estimate of drug-likeness (QED) is 0.490. The Morgan fingerprint density at radius 3 is 2.41 bits per heavy atom. The monoisotopic (exact) mass is 358 g/mol. The van der Waals surface area contributed by atoms with E-state index in [0.717, 1.165) is 22.3 Å². The zero-order chi connectivity index (χ0) is 19.0. The number of hydrogen-bond acceptors (Lipinski definition) is 1. The molecule has 0 aliphatic heterocycles. The molecule has 4 heteroatoms. The molecule has 4 rings (SSSR count). The van der Waals surface area contributed by atoms with Crippen LogP contribution in [0.5, 0.6) is 0 Å². The van der Waals surface area contributed by atoms with Crippen LogP contribution in [0.25, 0.3) is 22.0 Å². The molecule has 1 amide bonds. The second kappa shape index (κ2) is 6.72. The third kappa shape index (κ3) is 2.99. The van der Waals surface area contributed by atoms with Crippen LogP contribution in [0.2, 0.25) is 0 Å². The van der Waals surface area contributed by atoms with E-state index in [1.807, 2.05) is 61.6 Å². The van der Waals surface area contributed by atoms with Gasteiger partial charge in [-0.05, 0) is 35.9 Å². The predicted molar refractivity (Wildman–Crippen MR) is 107 cm³/mol. The molecule has 0 bridgehead atoms. The first-order chi connectivity index (χ1) is 13.1. The molecule has 3 aromatic carbocycles. The standard InChI is InChI=1S/C23H19FN2O/c1-25-20-13-12-18(24)14-17(20)15-22(25)23(27)26(2)21-11-7-6-10-19(21)16-8-4-3-5-9-16/h3-15H,1-2H3. The molecule has 0 N–H and O–H groups in total. The maximum absolute atomic E-state index is 13.5. The van der Waals surface area contributed by atoms with Crippen molar-refractivity contribution in [3.8, 4) is 11.1 Å². The van der Waals surface area contributed by atoms with E-state index in [1.54, 1.807) is 28.6 Å². The third-order valence-electron chi connectivity index (χ3n) is 4.88. The molecule has 134 valence electrons. The van der Waals surface area contributed by atoms with Gasteiger partial charge in [-0.3, -0.25) is 4.79 Å². The van der Waals surface area contributed by atoms with Gasteiger partial charge in [-0.2, -0.15) is 0 Å². The number of amides is 1. The Balaban J connectivity index is 1.77. The van der Waals surface area contributed by atoms with Gasteiger partial charge in [0.25, 0.3) is 5.91 Å². The van der Waals surface area contributed by atoms with Crippen molar-refractivity contribution in [3.63, 3.8) is 0 Å². The van der Waals surface area contributed by atoms with E-state index < -0.39 is 0 Å². The number of nitrogens with zero attached hydrogens (tertiary/aromatic N) is 2. The van der Waals surface area contributed by atoms with Gasteiger partial charge in [-0.25, -0.2) is 4.39 Å². The van der Waals surface area contributed by atoms with Crippen LogP contribution in [-0.4, -0.2) is 17.5 Å². The first kappa shape index (κ1) is 17.0. The molecule has 1 heterocycles. The SMILES string of the molecule is CN(C(=O)c1cc2cc(F)ccc2n1C)c1ccccc1-c1ccccc1. The van der Waals surface area contributed by atoms with Gasteiger partial charge < -0.3 is 9.47 Å². The fourth-order valence-electron chi connectivity index (χ4n) is 3.43. The summed E-state index contributed by atoms with van der Waals surface area (Å²) >= 11 is 0. The molecule has 0 radical (unpaired) electrons. The van der Waals surface area contributed by atoms with Crippen molar-refractivity contribution in [2.45, 2.75) is 0 Å². The van der Waals surface area contributed by atoms with Crippen LogP contribution >= 0.6 is 0 Å². The molecule has 0 spiro atoms. The number of aryl methyl sites for hydroxylation is 1. The number of carbonyl (C=O) groups excluding carboxylic acids is 1. The maximum atomic E-state index is 13.5. The van der Waals surface area contributed by atoms with Crippen LogP contribution in [0, 0.1) is 5.82 Å². The van der Waals surface area contributed by atoms with Gasteiger partial charge in [0.2, 0.25) is 0 Å². The Morgan fingerprint density at radius 2 is 1.63 bits per heavy atom. The minimum absolute atomic E-state index is 0.141. The lowest BCUT2D eigenvalue weighted by molar-refractivity contribution is 0.0985. The van der Waals surface area contributed by atoms with Crippen molar-refractivity contribution < 1.29 is 9.18 Å². The molecule has 0 atom stereocenters. The molecular formula is C23H19FN2O. The van der Waals surface area contributed by atoms with Crippen LogP contribution in [0.3, 0.4) is 0 Å². The van der Waals surface area contributed by atoms with Gasteiger partial charge in [-0.15, -0.1) is 0 Å². The second-order valence-corrected chi connectivity index (χ2v) is 6.54. The minimum Gasteiger partial charge on any atom is -0.340 e. The summed E-state index contributed by atoms with van der Waals surface area (Å²) in [7, 11) is 3.59. The van der Waals surface area contributed by atoms with Crippen molar-refractivity contribution >= 4 is 22.5 Å². The van der Waals surface area contributed by atoms with E-state index in [1.165, 1.54) is 12.1 Å². The third-order valence-corrected chi connectivity index (χ3v) is 4.88. The minimum atomic E-state index is -0.310. The molecule has 4 aromatic rings. The molecular weight excluding hydrogens is 339 g/mol. The largest absolute Gasteiger partial charge is 0.340 e. The highest BCUT2D eigenvalue weighted by atomic mass is 19.1. The zero-order valence-electron chi connectivity index (χ0n) is 15.2. The molecule has 0 unspecified atom stereocenters. The Labute approximate surface area is 157 Å². The lowest BCUT2D eigenvalue weighted by Gasteiger charge is -2.21. The fourth-order valence-corrected chi connectivity index (χ4v) is 3.43. The Morgan fingerprint density at radius 1 is 0.926 bits per heavy atom. The van der Waals surface area contributed by atoms with Crippen LogP contribution in [0.15, 0.2) is 78.9 Å². The van der Waals surface area contributed by atoms with Crippen molar-refractivity contribution in [2.75, 3.05) is 11.9 Å². The number of anilines is 1. The maximum Gasteiger partial charge on any atom is 0.274 e. The van der Waals surface area contributed by atoms with E-state index in [-0.39, 0.29) is 11.7 Å². The van der Waals surface area contributed by atoms with Gasteiger partial charge in [0, 0.05) is 30.6 Å². The van der Waals surface area contributed by atoms with Gasteiger partial charge in [0.15, 0.2) is 0 Å². The van der Waals surface area contributed by atoms with Crippen LogP contribution in [0.4, 0.5) is 10.1 Å². The lowest BCUT2D eigenvalue weighted by Crippen LogP contribution is -2.28. The number of halogens is 1. The molecule has 27 heavy (non-hydrogen) atoms. The van der Waals surface area contributed by atoms with Crippen molar-refractivity contribution in [2.24, 2.45) is 7.05 Å². The number of aromatic nitrogens is 1. The second-order valence-electron chi connectivity index (χ2n) is 6.54. The first-order valence-electron chi connectivity index (χ1n) is 8.74. The molecule has 0 saturated heterocycles. The topological polar surface area (TPSA) is 25.2 Å². The Kier molecular flexibility index (Phi) is 4.24. The lowest BCUT2D eigenvalue weighted by atomic mass is 10.0. The van der Waals surface area contributed by atoms with Gasteiger partial charge in [-0.1, -0.05) is 48.5 Å². The highest BCUT2D eigenvalue weighted by Crippen LogP contribution is 2.31. The number of para-hydroxylation sites is 1. The van der Waals surface area contributed by atoms with Crippen molar-refractivity contribution in [3.05, 3.63) is 90.4 Å². The van der Waals surface area contributed by atoms with Crippen LogP contribution in [0.1, 0.15) is 10.5 Å². The van der Waals surface area contributed by atoms with Crippen LogP contribution < -0.4 is 4.90 Å². The smallest absolute Gasteiger partial charge is 0.274 e. The summed E-state index contributed by atoms with van der Waals surface area (Å²) in [5, 5.41) is 0.714. The van der Waals surface area contributed by atoms with Gasteiger partial charge in [0.1, 0.15) is 11.5 Å². The number of rotatable bonds is 3. The van der Waals surface area contributed by atoms with Crippen molar-refractivity contribution in [1.29, 1.82) is 0 Å². The highest BCUT2D eigenvalue weighted by Gasteiger charge is 2.20. The number of fused-ring (bicyclic) bond motifs is 1. The molecule has 3 nitrogen and oxygen atoms in total. The van der Waals surface area contributed by atoms with Gasteiger partial charge >= 0.3 is 0 Å². The fraction of sp³-hybridized carbons (Fsp3) is 0.0870. The summed E-state index contributed by atoms with van der Waals surface area (Å²) in [6.45, 7) is 0. The van der Waals surface area contributed by atoms with E-state index >= 15 is 0 Å². The first-order valence-corrected chi connectivity index (χ1v) is 8.74. The summed E-state index contributed by atoms with van der Waals surface area (Å²) in [5.41, 5.74) is 4.20. The zero-order valence-corrected chi connectivity index (χ0v) is 15.2. The molecule has 0 saturated carbocycles. The summed E-state index contributed by atoms with van der Waals surface area (Å²) in [5.74, 6) is -0.452. The van der Waals surface area contributed by atoms with Crippen LogP contribution in [-0.2, 0) is 7.05 Å². The van der Waals surface area contributed by atoms with Crippen molar-refractivity contribution in [1.82, 2.24) is 4.57 Å². The average molecular weight is 358 g/mol. The van der Waals surface area contributed by atoms with E-state index in [4.69, 9.17) is 0 Å². The number of benzene rings is 3. The van der Waals surface area contributed by atoms with E-state index in [0.29, 0.717) is 11.1 Å². The summed E-state index contributed by atoms with van der Waals surface area (Å²) in [4.78, 5) is 14.9. The Bertz CT molecular complexity index is 1130. The van der Waals surface area contributed by atoms with E-state index in [9.17, 15) is 9.18 Å². The normalized spacial score (nSPS) is 10.9. The number of carbonyl (C=O) groups is 1. The van der Waals surface area contributed by atoms with E-state index in [2.05, 4.69) is 0 Å². The van der Waals surface area contributed by atoms with Gasteiger partial charge in [0.05, 0.1) is 5.69 Å². The molecule has 0 aliphatic rings. The highest BCUT2D eigenvalue weighted by molar-refractivity contribution is 6.09. The molecule has 0 aliphatic carbocycles.